The number of hydrogen-bond acceptors (Lipinski definition) is 3. The molecule has 1 saturated carbocycles. The Hall–Kier alpha value is -1.06. The average molecular weight is 227 g/mol. The van der Waals surface area contributed by atoms with Crippen molar-refractivity contribution in [3.63, 3.8) is 0 Å². The normalized spacial score (nSPS) is 26.4. The molecule has 1 aliphatic carbocycles. The molecule has 1 amide bonds. The third-order valence-corrected chi connectivity index (χ3v) is 2.65. The first-order valence-electron chi connectivity index (χ1n) is 5.80. The molecule has 1 aliphatic rings. The van der Waals surface area contributed by atoms with E-state index < -0.39 is 5.60 Å². The Morgan fingerprint density at radius 1 is 1.44 bits per heavy atom. The lowest BCUT2D eigenvalue weighted by atomic mass is 9.86. The number of carbonyl (C=O) groups is 2. The maximum atomic E-state index is 11.5. The first-order chi connectivity index (χ1) is 7.28. The molecule has 92 valence electrons. The van der Waals surface area contributed by atoms with Crippen LogP contribution in [-0.2, 0) is 9.53 Å². The standard InChI is InChI=1S/C12H21NO3/c1-8-7-9(5-6-10(8)14)13-11(15)16-12(2,3)4/h8-9H,5-7H2,1-4H3,(H,13,15). The van der Waals surface area contributed by atoms with E-state index in [1.54, 1.807) is 0 Å². The van der Waals surface area contributed by atoms with Gasteiger partial charge in [0.25, 0.3) is 0 Å². The van der Waals surface area contributed by atoms with Gasteiger partial charge in [0.05, 0.1) is 0 Å². The van der Waals surface area contributed by atoms with Gasteiger partial charge in [-0.25, -0.2) is 4.79 Å². The van der Waals surface area contributed by atoms with Crippen molar-refractivity contribution in [2.75, 3.05) is 0 Å². The second-order valence-corrected chi connectivity index (χ2v) is 5.48. The van der Waals surface area contributed by atoms with Crippen LogP contribution < -0.4 is 5.32 Å². The molecule has 1 rings (SSSR count). The van der Waals surface area contributed by atoms with Crippen LogP contribution in [0.5, 0.6) is 0 Å². The molecular weight excluding hydrogens is 206 g/mol. The van der Waals surface area contributed by atoms with Crippen molar-refractivity contribution < 1.29 is 14.3 Å². The van der Waals surface area contributed by atoms with Crippen molar-refractivity contribution in [1.82, 2.24) is 5.32 Å². The van der Waals surface area contributed by atoms with Crippen LogP contribution in [0.25, 0.3) is 0 Å². The Bertz CT molecular complexity index is 280. The highest BCUT2D eigenvalue weighted by Gasteiger charge is 2.27. The first-order valence-corrected chi connectivity index (χ1v) is 5.80. The van der Waals surface area contributed by atoms with Crippen LogP contribution in [0, 0.1) is 5.92 Å². The first kappa shape index (κ1) is 13.0. The molecule has 0 aromatic carbocycles. The Morgan fingerprint density at radius 2 is 2.06 bits per heavy atom. The number of alkyl carbamates (subject to hydrolysis) is 1. The molecule has 0 heterocycles. The van der Waals surface area contributed by atoms with Gasteiger partial charge >= 0.3 is 6.09 Å². The highest BCUT2D eigenvalue weighted by Crippen LogP contribution is 2.21. The number of rotatable bonds is 1. The lowest BCUT2D eigenvalue weighted by molar-refractivity contribution is -0.124. The molecule has 4 heteroatoms. The Morgan fingerprint density at radius 3 is 2.56 bits per heavy atom. The van der Waals surface area contributed by atoms with Gasteiger partial charge in [-0.3, -0.25) is 4.79 Å². The van der Waals surface area contributed by atoms with E-state index in [4.69, 9.17) is 4.74 Å². The number of ether oxygens (including phenoxy) is 1. The topological polar surface area (TPSA) is 55.4 Å². The third-order valence-electron chi connectivity index (χ3n) is 2.65. The molecule has 0 radical (unpaired) electrons. The number of hydrogen-bond donors (Lipinski definition) is 1. The summed E-state index contributed by atoms with van der Waals surface area (Å²) in [6.07, 6.45) is 1.61. The SMILES string of the molecule is CC1CC(NC(=O)OC(C)(C)C)CCC1=O. The van der Waals surface area contributed by atoms with Gasteiger partial charge < -0.3 is 10.1 Å². The smallest absolute Gasteiger partial charge is 0.407 e. The molecule has 2 atom stereocenters. The van der Waals surface area contributed by atoms with Crippen molar-refractivity contribution >= 4 is 11.9 Å². The van der Waals surface area contributed by atoms with Gasteiger partial charge in [0, 0.05) is 18.4 Å². The summed E-state index contributed by atoms with van der Waals surface area (Å²) in [7, 11) is 0. The quantitative estimate of drug-likeness (QED) is 0.747. The van der Waals surface area contributed by atoms with Crippen LogP contribution >= 0.6 is 0 Å². The van der Waals surface area contributed by atoms with Crippen LogP contribution in [0.15, 0.2) is 0 Å². The second-order valence-electron chi connectivity index (χ2n) is 5.48. The van der Waals surface area contributed by atoms with Crippen LogP contribution in [0.1, 0.15) is 47.0 Å². The van der Waals surface area contributed by atoms with E-state index in [2.05, 4.69) is 5.32 Å². The molecule has 0 aromatic heterocycles. The van der Waals surface area contributed by atoms with E-state index in [9.17, 15) is 9.59 Å². The summed E-state index contributed by atoms with van der Waals surface area (Å²) in [5.74, 6) is 0.343. The predicted molar refractivity (Wildman–Crippen MR) is 61.2 cm³/mol. The van der Waals surface area contributed by atoms with Crippen molar-refractivity contribution in [3.8, 4) is 0 Å². The van der Waals surface area contributed by atoms with Crippen molar-refractivity contribution in [2.24, 2.45) is 5.92 Å². The van der Waals surface area contributed by atoms with Gasteiger partial charge in [0.2, 0.25) is 0 Å². The molecular formula is C12H21NO3. The highest BCUT2D eigenvalue weighted by molar-refractivity contribution is 5.81. The number of nitrogens with one attached hydrogen (secondary N) is 1. The number of amides is 1. The minimum absolute atomic E-state index is 0.0497. The number of Topliss-reactive ketones (excluding diaryl/α,β-unsaturated/α-hetero) is 1. The van der Waals surface area contributed by atoms with Crippen LogP contribution in [0.3, 0.4) is 0 Å². The summed E-state index contributed by atoms with van der Waals surface area (Å²) in [5, 5.41) is 2.81. The zero-order valence-electron chi connectivity index (χ0n) is 10.5. The van der Waals surface area contributed by atoms with Gasteiger partial charge in [-0.15, -0.1) is 0 Å². The van der Waals surface area contributed by atoms with Crippen molar-refractivity contribution in [2.45, 2.75) is 58.6 Å². The Balaban J connectivity index is 2.38. The molecule has 0 aromatic rings. The largest absolute Gasteiger partial charge is 0.444 e. The van der Waals surface area contributed by atoms with E-state index in [1.807, 2.05) is 27.7 Å². The van der Waals surface area contributed by atoms with Gasteiger partial charge in [0.1, 0.15) is 11.4 Å². The average Bonchev–Trinajstić information content (AvgIpc) is 2.08. The molecule has 2 unspecified atom stereocenters. The molecule has 1 fully saturated rings. The monoisotopic (exact) mass is 227 g/mol. The molecule has 0 saturated heterocycles. The van der Waals surface area contributed by atoms with Crippen LogP contribution in [-0.4, -0.2) is 23.5 Å². The van der Waals surface area contributed by atoms with Gasteiger partial charge in [-0.1, -0.05) is 6.92 Å². The summed E-state index contributed by atoms with van der Waals surface area (Å²) in [4.78, 5) is 22.8. The fourth-order valence-corrected chi connectivity index (χ4v) is 1.84. The zero-order chi connectivity index (χ0) is 12.3. The minimum Gasteiger partial charge on any atom is -0.444 e. The number of carbonyl (C=O) groups excluding carboxylic acids is 2. The Kier molecular flexibility index (Phi) is 3.94. The van der Waals surface area contributed by atoms with Gasteiger partial charge in [0.15, 0.2) is 0 Å². The molecule has 1 N–H and O–H groups in total. The lowest BCUT2D eigenvalue weighted by Gasteiger charge is -2.28. The molecule has 0 spiro atoms. The van der Waals surface area contributed by atoms with Gasteiger partial charge in [-0.05, 0) is 33.6 Å². The Labute approximate surface area is 96.7 Å². The van der Waals surface area contributed by atoms with Crippen molar-refractivity contribution in [3.05, 3.63) is 0 Å². The summed E-state index contributed by atoms with van der Waals surface area (Å²) in [6, 6.07) is 0.0718. The van der Waals surface area contributed by atoms with Crippen molar-refractivity contribution in [1.29, 1.82) is 0 Å². The van der Waals surface area contributed by atoms with E-state index in [0.717, 1.165) is 12.8 Å². The van der Waals surface area contributed by atoms with E-state index in [0.29, 0.717) is 12.2 Å². The lowest BCUT2D eigenvalue weighted by Crippen LogP contribution is -2.42. The second kappa shape index (κ2) is 4.85. The maximum absolute atomic E-state index is 11.5. The van der Waals surface area contributed by atoms with E-state index in [1.165, 1.54) is 0 Å². The number of ketones is 1. The molecule has 0 bridgehead atoms. The maximum Gasteiger partial charge on any atom is 0.407 e. The third kappa shape index (κ3) is 4.21. The van der Waals surface area contributed by atoms with Gasteiger partial charge in [-0.2, -0.15) is 0 Å². The summed E-state index contributed by atoms with van der Waals surface area (Å²) in [6.45, 7) is 7.41. The fraction of sp³-hybridized carbons (Fsp3) is 0.833. The fourth-order valence-electron chi connectivity index (χ4n) is 1.84. The minimum atomic E-state index is -0.472. The molecule has 0 aliphatic heterocycles. The predicted octanol–water partition coefficient (Wildman–Crippen LogP) is 2.27. The highest BCUT2D eigenvalue weighted by atomic mass is 16.6. The summed E-state index contributed by atoms with van der Waals surface area (Å²) >= 11 is 0. The molecule has 4 nitrogen and oxygen atoms in total. The molecule has 16 heavy (non-hydrogen) atoms. The van der Waals surface area contributed by atoms with E-state index in [-0.39, 0.29) is 18.1 Å². The summed E-state index contributed by atoms with van der Waals surface area (Å²) < 4.78 is 5.17. The summed E-state index contributed by atoms with van der Waals surface area (Å²) in [5.41, 5.74) is -0.472. The zero-order valence-corrected chi connectivity index (χ0v) is 10.5. The van der Waals surface area contributed by atoms with E-state index >= 15 is 0 Å². The van der Waals surface area contributed by atoms with Crippen LogP contribution in [0.2, 0.25) is 0 Å². The van der Waals surface area contributed by atoms with Crippen LogP contribution in [0.4, 0.5) is 4.79 Å².